The standard InChI is InChI=1S/C16H26BrN3O/c1-6-7-18-15-14(8-13(17)9-19-15)16(21)20(12(4)5)10-11(2)3/h8-9,11-12H,6-7,10H2,1-5H3,(H,18,19). The Labute approximate surface area is 136 Å². The van der Waals surface area contributed by atoms with Crippen LogP contribution in [0.1, 0.15) is 51.4 Å². The maximum absolute atomic E-state index is 12.9. The van der Waals surface area contributed by atoms with E-state index in [0.717, 1.165) is 24.0 Å². The van der Waals surface area contributed by atoms with Crippen molar-refractivity contribution in [1.82, 2.24) is 9.88 Å². The highest BCUT2D eigenvalue weighted by Crippen LogP contribution is 2.21. The second-order valence-corrected chi connectivity index (χ2v) is 6.84. The summed E-state index contributed by atoms with van der Waals surface area (Å²) in [6.07, 6.45) is 2.71. The first kappa shape index (κ1) is 18.0. The molecule has 1 rings (SSSR count). The first-order valence-electron chi connectivity index (χ1n) is 7.57. The molecule has 1 N–H and O–H groups in total. The summed E-state index contributed by atoms with van der Waals surface area (Å²) in [6, 6.07) is 2.01. The number of amides is 1. The SMILES string of the molecule is CCCNc1ncc(Br)cc1C(=O)N(CC(C)C)C(C)C. The predicted octanol–water partition coefficient (Wildman–Crippen LogP) is 4.17. The van der Waals surface area contributed by atoms with Crippen LogP contribution in [0.3, 0.4) is 0 Å². The number of halogens is 1. The number of hydrogen-bond acceptors (Lipinski definition) is 3. The topological polar surface area (TPSA) is 45.2 Å². The highest BCUT2D eigenvalue weighted by atomic mass is 79.9. The second kappa shape index (κ2) is 8.37. The Hall–Kier alpha value is -1.10. The van der Waals surface area contributed by atoms with Gasteiger partial charge in [0.1, 0.15) is 5.82 Å². The normalized spacial score (nSPS) is 11.0. The van der Waals surface area contributed by atoms with Crippen molar-refractivity contribution in [3.63, 3.8) is 0 Å². The van der Waals surface area contributed by atoms with Gasteiger partial charge in [0.25, 0.3) is 5.91 Å². The molecule has 0 aromatic carbocycles. The summed E-state index contributed by atoms with van der Waals surface area (Å²) in [5, 5.41) is 3.24. The second-order valence-electron chi connectivity index (χ2n) is 5.92. The summed E-state index contributed by atoms with van der Waals surface area (Å²) in [4.78, 5) is 19.1. The van der Waals surface area contributed by atoms with Crippen molar-refractivity contribution in [2.75, 3.05) is 18.4 Å². The molecule has 0 aliphatic carbocycles. The van der Waals surface area contributed by atoms with E-state index in [2.05, 4.69) is 47.0 Å². The van der Waals surface area contributed by atoms with E-state index in [1.165, 1.54) is 0 Å². The maximum atomic E-state index is 12.9. The average Bonchev–Trinajstić information content (AvgIpc) is 2.42. The largest absolute Gasteiger partial charge is 0.369 e. The third-order valence-corrected chi connectivity index (χ3v) is 3.51. The van der Waals surface area contributed by atoms with Gasteiger partial charge >= 0.3 is 0 Å². The van der Waals surface area contributed by atoms with Crippen molar-refractivity contribution in [3.8, 4) is 0 Å². The van der Waals surface area contributed by atoms with Gasteiger partial charge < -0.3 is 10.2 Å². The lowest BCUT2D eigenvalue weighted by Gasteiger charge is -2.29. The van der Waals surface area contributed by atoms with E-state index in [1.54, 1.807) is 6.20 Å². The van der Waals surface area contributed by atoms with E-state index in [9.17, 15) is 4.79 Å². The molecule has 0 radical (unpaired) electrons. The van der Waals surface area contributed by atoms with Crippen LogP contribution in [0.25, 0.3) is 0 Å². The number of aromatic nitrogens is 1. The van der Waals surface area contributed by atoms with Gasteiger partial charge in [0.05, 0.1) is 5.56 Å². The number of nitrogens with zero attached hydrogens (tertiary/aromatic N) is 2. The lowest BCUT2D eigenvalue weighted by Crippen LogP contribution is -2.40. The quantitative estimate of drug-likeness (QED) is 0.797. The molecule has 0 fully saturated rings. The number of carbonyl (C=O) groups excluding carboxylic acids is 1. The Morgan fingerprint density at radius 2 is 2.05 bits per heavy atom. The van der Waals surface area contributed by atoms with Gasteiger partial charge in [-0.05, 0) is 48.2 Å². The molecular weight excluding hydrogens is 330 g/mol. The van der Waals surface area contributed by atoms with Crippen LogP contribution >= 0.6 is 15.9 Å². The molecule has 1 aromatic heterocycles. The van der Waals surface area contributed by atoms with Crippen LogP contribution in [0, 0.1) is 5.92 Å². The van der Waals surface area contributed by atoms with Crippen LogP contribution in [0.2, 0.25) is 0 Å². The van der Waals surface area contributed by atoms with E-state index < -0.39 is 0 Å². The number of carbonyl (C=O) groups is 1. The van der Waals surface area contributed by atoms with E-state index in [-0.39, 0.29) is 11.9 Å². The summed E-state index contributed by atoms with van der Waals surface area (Å²) >= 11 is 3.41. The van der Waals surface area contributed by atoms with E-state index >= 15 is 0 Å². The Balaban J connectivity index is 3.10. The van der Waals surface area contributed by atoms with Gasteiger partial charge in [-0.3, -0.25) is 4.79 Å². The third kappa shape index (κ3) is 5.30. The first-order valence-corrected chi connectivity index (χ1v) is 8.36. The molecule has 0 aliphatic heterocycles. The number of nitrogens with one attached hydrogen (secondary N) is 1. The zero-order chi connectivity index (χ0) is 16.0. The van der Waals surface area contributed by atoms with Crippen molar-refractivity contribution in [2.24, 2.45) is 5.92 Å². The lowest BCUT2D eigenvalue weighted by atomic mass is 10.1. The minimum absolute atomic E-state index is 0.0334. The van der Waals surface area contributed by atoms with Crippen LogP contribution in [0.15, 0.2) is 16.7 Å². The summed E-state index contributed by atoms with van der Waals surface area (Å²) in [7, 11) is 0. The average molecular weight is 356 g/mol. The summed E-state index contributed by atoms with van der Waals surface area (Å²) < 4.78 is 0.821. The van der Waals surface area contributed by atoms with Crippen LogP contribution in [-0.2, 0) is 0 Å². The minimum Gasteiger partial charge on any atom is -0.369 e. The van der Waals surface area contributed by atoms with Crippen molar-refractivity contribution in [1.29, 1.82) is 0 Å². The fraction of sp³-hybridized carbons (Fsp3) is 0.625. The van der Waals surface area contributed by atoms with E-state index in [4.69, 9.17) is 0 Å². The molecule has 0 saturated heterocycles. The summed E-state index contributed by atoms with van der Waals surface area (Å²) in [6.45, 7) is 12.0. The van der Waals surface area contributed by atoms with Gasteiger partial charge in [0, 0.05) is 29.8 Å². The minimum atomic E-state index is 0.0334. The molecule has 0 unspecified atom stereocenters. The third-order valence-electron chi connectivity index (χ3n) is 3.07. The van der Waals surface area contributed by atoms with Crippen LogP contribution < -0.4 is 5.32 Å². The Bertz CT molecular complexity index is 475. The van der Waals surface area contributed by atoms with Gasteiger partial charge in [-0.1, -0.05) is 20.8 Å². The zero-order valence-electron chi connectivity index (χ0n) is 13.6. The number of rotatable bonds is 7. The molecule has 0 aliphatic rings. The van der Waals surface area contributed by atoms with Gasteiger partial charge in [-0.15, -0.1) is 0 Å². The van der Waals surface area contributed by atoms with Crippen molar-refractivity contribution in [3.05, 3.63) is 22.3 Å². The van der Waals surface area contributed by atoms with Gasteiger partial charge in [0.15, 0.2) is 0 Å². The van der Waals surface area contributed by atoms with Gasteiger partial charge in [0.2, 0.25) is 0 Å². The zero-order valence-corrected chi connectivity index (χ0v) is 15.2. The molecule has 1 amide bonds. The number of hydrogen-bond donors (Lipinski definition) is 1. The Kier molecular flexibility index (Phi) is 7.15. The summed E-state index contributed by atoms with van der Waals surface area (Å²) in [5.74, 6) is 1.13. The molecule has 5 heteroatoms. The van der Waals surface area contributed by atoms with E-state index in [1.807, 2.05) is 24.8 Å². The highest BCUT2D eigenvalue weighted by molar-refractivity contribution is 9.10. The molecule has 4 nitrogen and oxygen atoms in total. The van der Waals surface area contributed by atoms with Crippen molar-refractivity contribution >= 4 is 27.7 Å². The van der Waals surface area contributed by atoms with Crippen molar-refractivity contribution in [2.45, 2.75) is 47.1 Å². The monoisotopic (exact) mass is 355 g/mol. The first-order chi connectivity index (χ1) is 9.86. The highest BCUT2D eigenvalue weighted by Gasteiger charge is 2.23. The maximum Gasteiger partial charge on any atom is 0.257 e. The number of anilines is 1. The predicted molar refractivity (Wildman–Crippen MR) is 91.7 cm³/mol. The fourth-order valence-corrected chi connectivity index (χ4v) is 2.39. The molecule has 0 atom stereocenters. The number of pyridine rings is 1. The van der Waals surface area contributed by atoms with Crippen molar-refractivity contribution < 1.29 is 4.79 Å². The molecule has 0 bridgehead atoms. The molecule has 1 aromatic rings. The molecule has 0 spiro atoms. The smallest absolute Gasteiger partial charge is 0.257 e. The lowest BCUT2D eigenvalue weighted by molar-refractivity contribution is 0.0682. The molecule has 118 valence electrons. The fourth-order valence-electron chi connectivity index (χ4n) is 2.06. The molecule has 1 heterocycles. The summed E-state index contributed by atoms with van der Waals surface area (Å²) in [5.41, 5.74) is 0.632. The molecular formula is C16H26BrN3O. The van der Waals surface area contributed by atoms with Crippen LogP contribution in [0.5, 0.6) is 0 Å². The molecule has 0 saturated carbocycles. The molecule has 21 heavy (non-hydrogen) atoms. The Morgan fingerprint density at radius 3 is 2.57 bits per heavy atom. The van der Waals surface area contributed by atoms with Crippen LogP contribution in [-0.4, -0.2) is 34.9 Å². The van der Waals surface area contributed by atoms with E-state index in [0.29, 0.717) is 17.3 Å². The van der Waals surface area contributed by atoms with Gasteiger partial charge in [-0.25, -0.2) is 4.98 Å². The Morgan fingerprint density at radius 1 is 1.38 bits per heavy atom. The van der Waals surface area contributed by atoms with Crippen LogP contribution in [0.4, 0.5) is 5.82 Å². The van der Waals surface area contributed by atoms with Gasteiger partial charge in [-0.2, -0.15) is 0 Å².